The van der Waals surface area contributed by atoms with Gasteiger partial charge >= 0.3 is 0 Å². The minimum absolute atomic E-state index is 0.694. The summed E-state index contributed by atoms with van der Waals surface area (Å²) in [5.74, 6) is 0. The van der Waals surface area contributed by atoms with E-state index in [4.69, 9.17) is 11.6 Å². The number of hydrogen-bond donors (Lipinski definition) is 1. The topological polar surface area (TPSA) is 24.9 Å². The van der Waals surface area contributed by atoms with Crippen molar-refractivity contribution in [2.45, 2.75) is 13.5 Å². The monoisotopic (exact) mass is 316 g/mol. The van der Waals surface area contributed by atoms with Crippen molar-refractivity contribution in [3.8, 4) is 0 Å². The predicted molar refractivity (Wildman–Crippen MR) is 73.3 cm³/mol. The molecule has 0 saturated carbocycles. The van der Waals surface area contributed by atoms with E-state index in [2.05, 4.69) is 45.3 Å². The Balaban J connectivity index is 2.07. The zero-order chi connectivity index (χ0) is 11.5. The highest BCUT2D eigenvalue weighted by molar-refractivity contribution is 9.10. The van der Waals surface area contributed by atoms with Gasteiger partial charge in [-0.2, -0.15) is 0 Å². The van der Waals surface area contributed by atoms with E-state index in [0.717, 1.165) is 19.5 Å². The molecule has 0 radical (unpaired) electrons. The second-order valence-electron chi connectivity index (χ2n) is 3.39. The molecule has 0 aliphatic carbocycles. The number of benzene rings is 1. The van der Waals surface area contributed by atoms with E-state index in [1.165, 1.54) is 16.9 Å². The average Bonchev–Trinajstić information content (AvgIpc) is 2.66. The standard InChI is InChI=1S/C11H10BrClN2S/c1-7-2-3-8(12)9(4-7)14-6-11-15-5-10(13)16-11/h2-5,14H,6H2,1H3. The highest BCUT2D eigenvalue weighted by Crippen LogP contribution is 2.25. The minimum Gasteiger partial charge on any atom is -0.378 e. The Bertz CT molecular complexity index is 498. The fourth-order valence-electron chi connectivity index (χ4n) is 1.32. The van der Waals surface area contributed by atoms with Crippen LogP contribution in [-0.4, -0.2) is 4.98 Å². The van der Waals surface area contributed by atoms with Crippen LogP contribution in [0.25, 0.3) is 0 Å². The first-order chi connectivity index (χ1) is 7.65. The lowest BCUT2D eigenvalue weighted by Crippen LogP contribution is -1.99. The van der Waals surface area contributed by atoms with Crippen molar-refractivity contribution in [3.05, 3.63) is 43.8 Å². The number of nitrogens with one attached hydrogen (secondary N) is 1. The van der Waals surface area contributed by atoms with Gasteiger partial charge in [-0.25, -0.2) is 4.98 Å². The zero-order valence-electron chi connectivity index (χ0n) is 8.63. The third-order valence-electron chi connectivity index (χ3n) is 2.08. The van der Waals surface area contributed by atoms with Crippen molar-refractivity contribution in [1.29, 1.82) is 0 Å². The SMILES string of the molecule is Cc1ccc(Br)c(NCc2ncc(Cl)s2)c1. The molecule has 1 aromatic heterocycles. The molecule has 16 heavy (non-hydrogen) atoms. The van der Waals surface area contributed by atoms with Crippen LogP contribution in [0.4, 0.5) is 5.69 Å². The molecule has 2 aromatic rings. The molecule has 0 fully saturated rings. The molecule has 1 N–H and O–H groups in total. The molecule has 0 unspecified atom stereocenters. The molecule has 5 heteroatoms. The Hall–Kier alpha value is -0.580. The van der Waals surface area contributed by atoms with Gasteiger partial charge in [0.1, 0.15) is 9.34 Å². The van der Waals surface area contributed by atoms with Crippen molar-refractivity contribution in [2.24, 2.45) is 0 Å². The highest BCUT2D eigenvalue weighted by atomic mass is 79.9. The van der Waals surface area contributed by atoms with Crippen molar-refractivity contribution < 1.29 is 0 Å². The van der Waals surface area contributed by atoms with Crippen molar-refractivity contribution >= 4 is 44.6 Å². The number of rotatable bonds is 3. The maximum atomic E-state index is 5.82. The summed E-state index contributed by atoms with van der Waals surface area (Å²) in [6, 6.07) is 6.20. The van der Waals surface area contributed by atoms with Gasteiger partial charge in [0.2, 0.25) is 0 Å². The Labute approximate surface area is 112 Å². The molecule has 0 amide bonds. The Morgan fingerprint density at radius 2 is 2.31 bits per heavy atom. The van der Waals surface area contributed by atoms with E-state index in [0.29, 0.717) is 6.54 Å². The molecule has 0 spiro atoms. The maximum absolute atomic E-state index is 5.82. The number of nitrogens with zero attached hydrogens (tertiary/aromatic N) is 1. The lowest BCUT2D eigenvalue weighted by atomic mass is 10.2. The van der Waals surface area contributed by atoms with E-state index in [1.807, 2.05) is 6.07 Å². The van der Waals surface area contributed by atoms with Gasteiger partial charge in [-0.3, -0.25) is 0 Å². The number of thiazole rings is 1. The number of aryl methyl sites for hydroxylation is 1. The molecular weight excluding hydrogens is 308 g/mol. The van der Waals surface area contributed by atoms with Crippen LogP contribution >= 0.6 is 38.9 Å². The van der Waals surface area contributed by atoms with Crippen molar-refractivity contribution in [1.82, 2.24) is 4.98 Å². The first-order valence-electron chi connectivity index (χ1n) is 4.75. The number of anilines is 1. The summed E-state index contributed by atoms with van der Waals surface area (Å²) in [7, 11) is 0. The van der Waals surface area contributed by atoms with E-state index >= 15 is 0 Å². The molecule has 1 aromatic carbocycles. The van der Waals surface area contributed by atoms with Crippen LogP contribution in [0.1, 0.15) is 10.6 Å². The van der Waals surface area contributed by atoms with Gasteiger partial charge in [0, 0.05) is 10.2 Å². The van der Waals surface area contributed by atoms with E-state index < -0.39 is 0 Å². The Morgan fingerprint density at radius 3 is 3.00 bits per heavy atom. The van der Waals surface area contributed by atoms with Gasteiger partial charge in [0.25, 0.3) is 0 Å². The molecule has 0 saturated heterocycles. The summed E-state index contributed by atoms with van der Waals surface area (Å²) >= 11 is 10.8. The number of aromatic nitrogens is 1. The molecule has 2 nitrogen and oxygen atoms in total. The van der Waals surface area contributed by atoms with Gasteiger partial charge in [0.05, 0.1) is 12.7 Å². The second-order valence-corrected chi connectivity index (χ2v) is 6.00. The van der Waals surface area contributed by atoms with Crippen LogP contribution in [-0.2, 0) is 6.54 Å². The summed E-state index contributed by atoms with van der Waals surface area (Å²) in [5, 5.41) is 4.31. The quantitative estimate of drug-likeness (QED) is 0.903. The summed E-state index contributed by atoms with van der Waals surface area (Å²) in [4.78, 5) is 4.19. The van der Waals surface area contributed by atoms with E-state index in [9.17, 15) is 0 Å². The van der Waals surface area contributed by atoms with Gasteiger partial charge in [-0.05, 0) is 40.5 Å². The van der Waals surface area contributed by atoms with E-state index in [-0.39, 0.29) is 0 Å². The normalized spacial score (nSPS) is 10.4. The molecule has 0 bridgehead atoms. The van der Waals surface area contributed by atoms with Crippen LogP contribution in [0, 0.1) is 6.92 Å². The fraction of sp³-hybridized carbons (Fsp3) is 0.182. The third-order valence-corrected chi connectivity index (χ3v) is 3.88. The van der Waals surface area contributed by atoms with Crippen LogP contribution in [0.2, 0.25) is 4.34 Å². The van der Waals surface area contributed by atoms with Gasteiger partial charge in [-0.15, -0.1) is 11.3 Å². The summed E-state index contributed by atoms with van der Waals surface area (Å²) in [6.07, 6.45) is 1.68. The van der Waals surface area contributed by atoms with Crippen LogP contribution in [0.15, 0.2) is 28.9 Å². The predicted octanol–water partition coefficient (Wildman–Crippen LogP) is 4.48. The Morgan fingerprint density at radius 1 is 1.50 bits per heavy atom. The first kappa shape index (κ1) is 11.9. The summed E-state index contributed by atoms with van der Waals surface area (Å²) in [5.41, 5.74) is 2.30. The van der Waals surface area contributed by atoms with Gasteiger partial charge in [0.15, 0.2) is 0 Å². The first-order valence-corrected chi connectivity index (χ1v) is 6.74. The average molecular weight is 318 g/mol. The highest BCUT2D eigenvalue weighted by Gasteiger charge is 2.02. The number of hydrogen-bond acceptors (Lipinski definition) is 3. The molecule has 84 valence electrons. The maximum Gasteiger partial charge on any atom is 0.113 e. The van der Waals surface area contributed by atoms with Crippen LogP contribution < -0.4 is 5.32 Å². The summed E-state index contributed by atoms with van der Waals surface area (Å²) in [6.45, 7) is 2.76. The largest absolute Gasteiger partial charge is 0.378 e. The zero-order valence-corrected chi connectivity index (χ0v) is 11.8. The lowest BCUT2D eigenvalue weighted by molar-refractivity contribution is 1.10. The molecule has 0 aliphatic heterocycles. The van der Waals surface area contributed by atoms with Crippen molar-refractivity contribution in [2.75, 3.05) is 5.32 Å². The molecule has 0 aliphatic rings. The van der Waals surface area contributed by atoms with E-state index in [1.54, 1.807) is 6.20 Å². The Kier molecular flexibility index (Phi) is 3.84. The molecule has 1 heterocycles. The summed E-state index contributed by atoms with van der Waals surface area (Å²) < 4.78 is 1.78. The molecular formula is C11H10BrClN2S. The van der Waals surface area contributed by atoms with Crippen LogP contribution in [0.5, 0.6) is 0 Å². The molecule has 2 rings (SSSR count). The second kappa shape index (κ2) is 5.17. The molecule has 0 atom stereocenters. The van der Waals surface area contributed by atoms with Gasteiger partial charge < -0.3 is 5.32 Å². The fourth-order valence-corrected chi connectivity index (χ4v) is 2.60. The van der Waals surface area contributed by atoms with Crippen LogP contribution in [0.3, 0.4) is 0 Å². The van der Waals surface area contributed by atoms with Crippen molar-refractivity contribution in [3.63, 3.8) is 0 Å². The van der Waals surface area contributed by atoms with Gasteiger partial charge in [-0.1, -0.05) is 17.7 Å². The third kappa shape index (κ3) is 2.97. The minimum atomic E-state index is 0.694. The smallest absolute Gasteiger partial charge is 0.113 e. The number of halogens is 2. The lowest BCUT2D eigenvalue weighted by Gasteiger charge is -2.07.